The molecule has 8 nitrogen and oxygen atoms in total. The average molecular weight is 509 g/mol. The van der Waals surface area contributed by atoms with Crippen LogP contribution in [0.1, 0.15) is 58.9 Å². The molecule has 4 N–H and O–H groups in total. The molecule has 1 aliphatic rings. The molecule has 9 heteroatoms. The monoisotopic (exact) mass is 508 g/mol. The fourth-order valence-corrected chi connectivity index (χ4v) is 4.27. The van der Waals surface area contributed by atoms with Crippen molar-refractivity contribution in [2.45, 2.75) is 59.4 Å². The van der Waals surface area contributed by atoms with Crippen molar-refractivity contribution in [2.75, 3.05) is 13.1 Å². The van der Waals surface area contributed by atoms with Gasteiger partial charge in [-0.25, -0.2) is 5.48 Å². The highest BCUT2D eigenvalue weighted by Gasteiger charge is 2.36. The molecule has 35 heavy (non-hydrogen) atoms. The Morgan fingerprint density at radius 2 is 1.77 bits per heavy atom. The van der Waals surface area contributed by atoms with Gasteiger partial charge in [-0.15, -0.1) is 12.4 Å². The highest BCUT2D eigenvalue weighted by molar-refractivity contribution is 5.90. The maximum atomic E-state index is 13.5. The van der Waals surface area contributed by atoms with Gasteiger partial charge in [0.05, 0.1) is 17.9 Å². The minimum Gasteiger partial charge on any atom is -0.306 e. The molecule has 196 valence electrons. The first-order chi connectivity index (χ1) is 16.2. The second-order valence-electron chi connectivity index (χ2n) is 9.84. The molecule has 0 radical (unpaired) electrons. The van der Waals surface area contributed by atoms with Gasteiger partial charge in [-0.05, 0) is 49.6 Å². The van der Waals surface area contributed by atoms with Crippen LogP contribution in [-0.2, 0) is 14.4 Å². The van der Waals surface area contributed by atoms with Crippen LogP contribution >= 0.6 is 12.4 Å². The van der Waals surface area contributed by atoms with E-state index in [1.54, 1.807) is 5.48 Å². The Hall–Kier alpha value is -2.42. The number of hydrazine groups is 1. The quantitative estimate of drug-likeness (QED) is 0.270. The van der Waals surface area contributed by atoms with E-state index in [-0.39, 0.29) is 48.5 Å². The number of rotatable bonds is 11. The fourth-order valence-electron chi connectivity index (χ4n) is 4.27. The third-order valence-corrected chi connectivity index (χ3v) is 5.91. The summed E-state index contributed by atoms with van der Waals surface area (Å²) in [6.45, 7) is 9.08. The van der Waals surface area contributed by atoms with Crippen LogP contribution in [0, 0.1) is 23.7 Å². The molecule has 1 aliphatic heterocycles. The van der Waals surface area contributed by atoms with E-state index in [1.165, 1.54) is 5.01 Å². The fraction of sp³-hybridized carbons (Fsp3) is 0.577. The van der Waals surface area contributed by atoms with Gasteiger partial charge in [0.2, 0.25) is 11.8 Å². The van der Waals surface area contributed by atoms with Crippen LogP contribution in [0.2, 0.25) is 0 Å². The number of carbonyl (C=O) groups excluding carboxylic acids is 3. The van der Waals surface area contributed by atoms with Crippen LogP contribution in [0.5, 0.6) is 0 Å². The maximum absolute atomic E-state index is 13.5. The number of amides is 3. The minimum atomic E-state index is -0.784. The normalized spacial score (nSPS) is 17.2. The lowest BCUT2D eigenvalue weighted by Gasteiger charge is -2.31. The predicted octanol–water partition coefficient (Wildman–Crippen LogP) is 3.56. The van der Waals surface area contributed by atoms with Crippen molar-refractivity contribution in [2.24, 2.45) is 23.7 Å². The van der Waals surface area contributed by atoms with Crippen molar-refractivity contribution in [1.29, 1.82) is 0 Å². The molecule has 0 unspecified atom stereocenters. The summed E-state index contributed by atoms with van der Waals surface area (Å²) in [4.78, 5) is 39.2. The van der Waals surface area contributed by atoms with E-state index < -0.39 is 17.7 Å². The number of carbonyl (C=O) groups is 3. The Bertz CT molecular complexity index is 826. The molecule has 0 bridgehead atoms. The first kappa shape index (κ1) is 30.6. The standard InChI is InChI=1S/C26H40N4O4.ClH/c1-18(2)16-22(21(25(32)29-34)13-8-12-20-10-6-5-7-11-20)24(31)28-30(17-19(3)4)26(33)23-14-9-15-27-23;/h5-8,10-12,18-19,21-23,27,34H,9,13-17H2,1-4H3,(H,28,31)(H,29,32);1H/b12-8+;/t21-,22+,23+;/m0./s1. The summed E-state index contributed by atoms with van der Waals surface area (Å²) in [6.07, 6.45) is 6.10. The van der Waals surface area contributed by atoms with E-state index in [4.69, 9.17) is 0 Å². The van der Waals surface area contributed by atoms with Crippen molar-refractivity contribution in [1.82, 2.24) is 21.2 Å². The van der Waals surface area contributed by atoms with Crippen molar-refractivity contribution in [3.63, 3.8) is 0 Å². The molecular formula is C26H41ClN4O4. The summed E-state index contributed by atoms with van der Waals surface area (Å²) >= 11 is 0. The van der Waals surface area contributed by atoms with Gasteiger partial charge in [0.25, 0.3) is 5.91 Å². The van der Waals surface area contributed by atoms with Gasteiger partial charge in [-0.3, -0.25) is 30.0 Å². The second kappa shape index (κ2) is 15.5. The van der Waals surface area contributed by atoms with E-state index in [2.05, 4.69) is 10.7 Å². The number of benzene rings is 1. The van der Waals surface area contributed by atoms with Crippen molar-refractivity contribution >= 4 is 36.2 Å². The number of hydrogen-bond donors (Lipinski definition) is 4. The van der Waals surface area contributed by atoms with Gasteiger partial charge in [-0.1, -0.05) is 70.2 Å². The maximum Gasteiger partial charge on any atom is 0.258 e. The van der Waals surface area contributed by atoms with Gasteiger partial charge in [0, 0.05) is 6.54 Å². The molecule has 1 fully saturated rings. The first-order valence-corrected chi connectivity index (χ1v) is 12.2. The molecule has 1 aromatic carbocycles. The molecule has 2 rings (SSSR count). The molecule has 0 spiro atoms. The van der Waals surface area contributed by atoms with Crippen LogP contribution in [0.25, 0.3) is 6.08 Å². The third kappa shape index (κ3) is 9.99. The zero-order chi connectivity index (χ0) is 25.1. The molecular weight excluding hydrogens is 468 g/mol. The van der Waals surface area contributed by atoms with Crippen molar-refractivity contribution < 1.29 is 19.6 Å². The number of hydroxylamine groups is 1. The Balaban J connectivity index is 0.00000612. The number of nitrogens with zero attached hydrogens (tertiary/aromatic N) is 1. The lowest BCUT2D eigenvalue weighted by Crippen LogP contribution is -2.56. The lowest BCUT2D eigenvalue weighted by atomic mass is 9.82. The van der Waals surface area contributed by atoms with Crippen molar-refractivity contribution in [3.05, 3.63) is 42.0 Å². The summed E-state index contributed by atoms with van der Waals surface area (Å²) in [5.74, 6) is -2.37. The number of hydrogen-bond acceptors (Lipinski definition) is 5. The molecule has 1 aromatic rings. The number of allylic oxidation sites excluding steroid dienone is 1. The summed E-state index contributed by atoms with van der Waals surface area (Å²) in [5.41, 5.74) is 5.53. The molecule has 0 saturated carbocycles. The molecule has 1 saturated heterocycles. The molecule has 3 amide bonds. The highest BCUT2D eigenvalue weighted by Crippen LogP contribution is 2.26. The molecule has 0 aliphatic carbocycles. The topological polar surface area (TPSA) is 111 Å². The summed E-state index contributed by atoms with van der Waals surface area (Å²) in [6, 6.07) is 9.35. The summed E-state index contributed by atoms with van der Waals surface area (Å²) in [7, 11) is 0. The molecule has 3 atom stereocenters. The van der Waals surface area contributed by atoms with Gasteiger partial charge in [0.15, 0.2) is 0 Å². The smallest absolute Gasteiger partial charge is 0.258 e. The SMILES string of the molecule is CC(C)C[C@@H](C(=O)NN(CC(C)C)C(=O)[C@H]1CCCN1)[C@H](C/C=C/c1ccccc1)C(=O)NO.Cl. The minimum absolute atomic E-state index is 0. The van der Waals surface area contributed by atoms with Gasteiger partial charge >= 0.3 is 0 Å². The zero-order valence-electron chi connectivity index (χ0n) is 21.2. The average Bonchev–Trinajstić information content (AvgIpc) is 3.34. The van der Waals surface area contributed by atoms with E-state index in [9.17, 15) is 19.6 Å². The Kier molecular flexibility index (Phi) is 13.6. The first-order valence-electron chi connectivity index (χ1n) is 12.2. The summed E-state index contributed by atoms with van der Waals surface area (Å²) < 4.78 is 0. The Labute approximate surface area is 215 Å². The van der Waals surface area contributed by atoms with Gasteiger partial charge < -0.3 is 5.32 Å². The Morgan fingerprint density at radius 3 is 2.31 bits per heavy atom. The highest BCUT2D eigenvalue weighted by atomic mass is 35.5. The number of halogens is 1. The van der Waals surface area contributed by atoms with Crippen LogP contribution < -0.4 is 16.2 Å². The van der Waals surface area contributed by atoms with E-state index in [0.29, 0.717) is 13.0 Å². The van der Waals surface area contributed by atoms with E-state index >= 15 is 0 Å². The third-order valence-electron chi connectivity index (χ3n) is 5.91. The van der Waals surface area contributed by atoms with Gasteiger partial charge in [0.1, 0.15) is 0 Å². The molecule has 1 heterocycles. The van der Waals surface area contributed by atoms with E-state index in [1.807, 2.05) is 70.2 Å². The van der Waals surface area contributed by atoms with Crippen LogP contribution in [0.4, 0.5) is 0 Å². The predicted molar refractivity (Wildman–Crippen MR) is 139 cm³/mol. The van der Waals surface area contributed by atoms with Crippen molar-refractivity contribution in [3.8, 4) is 0 Å². The number of nitrogens with one attached hydrogen (secondary N) is 3. The van der Waals surface area contributed by atoms with Gasteiger partial charge in [-0.2, -0.15) is 0 Å². The summed E-state index contributed by atoms with van der Waals surface area (Å²) in [5, 5.41) is 14.0. The second-order valence-corrected chi connectivity index (χ2v) is 9.84. The van der Waals surface area contributed by atoms with Crippen LogP contribution in [0.15, 0.2) is 36.4 Å². The Morgan fingerprint density at radius 1 is 1.09 bits per heavy atom. The lowest BCUT2D eigenvalue weighted by molar-refractivity contribution is -0.148. The van der Waals surface area contributed by atoms with E-state index in [0.717, 1.165) is 24.9 Å². The van der Waals surface area contributed by atoms with Crippen LogP contribution in [-0.4, -0.2) is 47.1 Å². The van der Waals surface area contributed by atoms with Crippen LogP contribution in [0.3, 0.4) is 0 Å². The zero-order valence-corrected chi connectivity index (χ0v) is 22.0. The largest absolute Gasteiger partial charge is 0.306 e. The molecule has 0 aromatic heterocycles.